The number of esters is 1. The molecule has 0 aromatic heterocycles. The van der Waals surface area contributed by atoms with E-state index in [0.29, 0.717) is 11.6 Å². The van der Waals surface area contributed by atoms with Gasteiger partial charge in [-0.1, -0.05) is 13.0 Å². The largest absolute Gasteiger partial charge is 0.466 e. The number of rotatable bonds is 5. The monoisotopic (exact) mass is 240 g/mol. The van der Waals surface area contributed by atoms with Gasteiger partial charge >= 0.3 is 5.97 Å². The summed E-state index contributed by atoms with van der Waals surface area (Å²) in [6.45, 7) is 8.03. The molecule has 0 bridgehead atoms. The van der Waals surface area contributed by atoms with E-state index in [4.69, 9.17) is 0 Å². The van der Waals surface area contributed by atoms with Crippen molar-refractivity contribution >= 4 is 5.97 Å². The number of likely N-dealkylation sites (N-methyl/N-ethyl adjacent to an activating group) is 1. The van der Waals surface area contributed by atoms with Crippen LogP contribution < -0.4 is 5.32 Å². The maximum atomic E-state index is 11.3. The predicted octanol–water partition coefficient (Wildman–Crippen LogP) is 1.18. The van der Waals surface area contributed by atoms with Crippen LogP contribution in [0, 0.1) is 0 Å². The number of nitrogens with zero attached hydrogens (tertiary/aromatic N) is 1. The molecule has 0 atom stereocenters. The smallest absolute Gasteiger partial charge is 0.333 e. The number of carbonyl (C=O) groups excluding carboxylic acids is 1. The van der Waals surface area contributed by atoms with Gasteiger partial charge in [-0.15, -0.1) is 0 Å². The van der Waals surface area contributed by atoms with Crippen molar-refractivity contribution in [2.75, 3.05) is 33.3 Å². The van der Waals surface area contributed by atoms with Crippen LogP contribution in [-0.4, -0.2) is 50.2 Å². The van der Waals surface area contributed by atoms with E-state index >= 15 is 0 Å². The van der Waals surface area contributed by atoms with Crippen LogP contribution in [0.15, 0.2) is 11.6 Å². The normalized spacial score (nSPS) is 18.5. The zero-order chi connectivity index (χ0) is 12.7. The van der Waals surface area contributed by atoms with E-state index in [-0.39, 0.29) is 5.97 Å². The van der Waals surface area contributed by atoms with Crippen molar-refractivity contribution in [1.29, 1.82) is 0 Å². The molecular weight excluding hydrogens is 216 g/mol. The highest BCUT2D eigenvalue weighted by molar-refractivity contribution is 5.87. The number of ether oxygens (including phenoxy) is 1. The molecule has 0 aliphatic carbocycles. The lowest BCUT2D eigenvalue weighted by molar-refractivity contribution is -0.136. The maximum absolute atomic E-state index is 11.3. The van der Waals surface area contributed by atoms with Crippen molar-refractivity contribution in [2.45, 2.75) is 32.7 Å². The summed E-state index contributed by atoms with van der Waals surface area (Å²) in [5.41, 5.74) is 0.694. The van der Waals surface area contributed by atoms with Crippen LogP contribution >= 0.6 is 0 Å². The first-order chi connectivity index (χ1) is 8.19. The van der Waals surface area contributed by atoms with Crippen molar-refractivity contribution in [3.05, 3.63) is 11.6 Å². The Balaban J connectivity index is 2.48. The Bertz CT molecular complexity index is 271. The van der Waals surface area contributed by atoms with Gasteiger partial charge in [0.1, 0.15) is 0 Å². The molecule has 0 radical (unpaired) electrons. The molecule has 0 saturated carbocycles. The lowest BCUT2D eigenvalue weighted by Gasteiger charge is -2.33. The second-order valence-electron chi connectivity index (χ2n) is 4.45. The lowest BCUT2D eigenvalue weighted by atomic mass is 10.0. The van der Waals surface area contributed by atoms with E-state index in [0.717, 1.165) is 26.2 Å². The van der Waals surface area contributed by atoms with Crippen LogP contribution in [0.1, 0.15) is 26.7 Å². The molecule has 0 amide bonds. The lowest BCUT2D eigenvalue weighted by Crippen LogP contribution is -2.43. The number of hydrogen-bond acceptors (Lipinski definition) is 4. The second kappa shape index (κ2) is 7.45. The molecule has 1 fully saturated rings. The van der Waals surface area contributed by atoms with Gasteiger partial charge in [-0.05, 0) is 39.4 Å². The van der Waals surface area contributed by atoms with Gasteiger partial charge in [0.2, 0.25) is 0 Å². The van der Waals surface area contributed by atoms with Gasteiger partial charge in [-0.3, -0.25) is 4.90 Å². The molecule has 0 unspecified atom stereocenters. The van der Waals surface area contributed by atoms with E-state index < -0.39 is 0 Å². The Labute approximate surface area is 104 Å². The molecule has 4 nitrogen and oxygen atoms in total. The van der Waals surface area contributed by atoms with Gasteiger partial charge in [0.05, 0.1) is 7.11 Å². The van der Waals surface area contributed by atoms with E-state index in [1.54, 1.807) is 0 Å². The fraction of sp³-hybridized carbons (Fsp3) is 0.769. The summed E-state index contributed by atoms with van der Waals surface area (Å²) in [5, 5.41) is 3.37. The molecule has 1 heterocycles. The fourth-order valence-corrected chi connectivity index (χ4v) is 2.21. The molecule has 1 aliphatic rings. The summed E-state index contributed by atoms with van der Waals surface area (Å²) in [5.74, 6) is -0.230. The number of piperidine rings is 1. The SMILES string of the molecule is CCN(CC=C(C)C(=O)OC)C1CCNCC1. The highest BCUT2D eigenvalue weighted by Crippen LogP contribution is 2.11. The first-order valence-corrected chi connectivity index (χ1v) is 6.38. The van der Waals surface area contributed by atoms with Crippen LogP contribution in [-0.2, 0) is 9.53 Å². The number of hydrogen-bond donors (Lipinski definition) is 1. The average Bonchev–Trinajstić information content (AvgIpc) is 2.39. The van der Waals surface area contributed by atoms with Gasteiger partial charge in [0.25, 0.3) is 0 Å². The van der Waals surface area contributed by atoms with Crippen LogP contribution in [0.4, 0.5) is 0 Å². The number of nitrogens with one attached hydrogen (secondary N) is 1. The van der Waals surface area contributed by atoms with Gasteiger partial charge < -0.3 is 10.1 Å². The summed E-state index contributed by atoms with van der Waals surface area (Å²) >= 11 is 0. The summed E-state index contributed by atoms with van der Waals surface area (Å²) in [7, 11) is 1.42. The van der Waals surface area contributed by atoms with Gasteiger partial charge in [0, 0.05) is 18.2 Å². The summed E-state index contributed by atoms with van der Waals surface area (Å²) in [6, 6.07) is 0.642. The number of methoxy groups -OCH3 is 1. The maximum Gasteiger partial charge on any atom is 0.333 e. The van der Waals surface area contributed by atoms with Crippen LogP contribution in [0.5, 0.6) is 0 Å². The molecule has 4 heteroatoms. The molecule has 98 valence electrons. The van der Waals surface area contributed by atoms with E-state index in [1.165, 1.54) is 20.0 Å². The second-order valence-corrected chi connectivity index (χ2v) is 4.45. The fourth-order valence-electron chi connectivity index (χ4n) is 2.21. The Kier molecular flexibility index (Phi) is 6.22. The summed E-state index contributed by atoms with van der Waals surface area (Å²) in [6.07, 6.45) is 4.36. The van der Waals surface area contributed by atoms with Crippen LogP contribution in [0.25, 0.3) is 0 Å². The minimum Gasteiger partial charge on any atom is -0.466 e. The predicted molar refractivity (Wildman–Crippen MR) is 68.9 cm³/mol. The Morgan fingerprint density at radius 1 is 1.47 bits per heavy atom. The van der Waals surface area contributed by atoms with Crippen molar-refractivity contribution in [3.63, 3.8) is 0 Å². The molecule has 1 saturated heterocycles. The third-order valence-electron chi connectivity index (χ3n) is 3.37. The van der Waals surface area contributed by atoms with E-state index in [9.17, 15) is 4.79 Å². The first-order valence-electron chi connectivity index (χ1n) is 6.38. The van der Waals surface area contributed by atoms with Crippen molar-refractivity contribution in [2.24, 2.45) is 0 Å². The Morgan fingerprint density at radius 3 is 2.65 bits per heavy atom. The minimum absolute atomic E-state index is 0.230. The molecular formula is C13H24N2O2. The van der Waals surface area contributed by atoms with E-state index in [1.807, 2.05) is 13.0 Å². The highest BCUT2D eigenvalue weighted by atomic mass is 16.5. The third kappa shape index (κ3) is 4.48. The van der Waals surface area contributed by atoms with Gasteiger partial charge in [0.15, 0.2) is 0 Å². The zero-order valence-electron chi connectivity index (χ0n) is 11.2. The topological polar surface area (TPSA) is 41.6 Å². The molecule has 0 aromatic carbocycles. The standard InChI is InChI=1S/C13H24N2O2/c1-4-15(12-5-8-14-9-6-12)10-7-11(2)13(16)17-3/h7,12,14H,4-6,8-10H2,1-3H3. The molecule has 1 rings (SSSR count). The van der Waals surface area contributed by atoms with Crippen LogP contribution in [0.3, 0.4) is 0 Å². The molecule has 1 N–H and O–H groups in total. The first kappa shape index (κ1) is 14.2. The number of carbonyl (C=O) groups is 1. The summed E-state index contributed by atoms with van der Waals surface area (Å²) in [4.78, 5) is 13.7. The zero-order valence-corrected chi connectivity index (χ0v) is 11.2. The van der Waals surface area contributed by atoms with Crippen LogP contribution in [0.2, 0.25) is 0 Å². The average molecular weight is 240 g/mol. The molecule has 0 aromatic rings. The summed E-state index contributed by atoms with van der Waals surface area (Å²) < 4.78 is 4.69. The van der Waals surface area contributed by atoms with Gasteiger partial charge in [-0.2, -0.15) is 0 Å². The highest BCUT2D eigenvalue weighted by Gasteiger charge is 2.18. The van der Waals surface area contributed by atoms with Gasteiger partial charge in [-0.25, -0.2) is 4.79 Å². The minimum atomic E-state index is -0.230. The Morgan fingerprint density at radius 2 is 2.12 bits per heavy atom. The van der Waals surface area contributed by atoms with Crippen molar-refractivity contribution < 1.29 is 9.53 Å². The quantitative estimate of drug-likeness (QED) is 0.579. The van der Waals surface area contributed by atoms with E-state index in [2.05, 4.69) is 21.9 Å². The van der Waals surface area contributed by atoms with Crippen molar-refractivity contribution in [3.8, 4) is 0 Å². The van der Waals surface area contributed by atoms with Crippen molar-refractivity contribution in [1.82, 2.24) is 10.2 Å². The molecule has 17 heavy (non-hydrogen) atoms. The third-order valence-corrected chi connectivity index (χ3v) is 3.37. The Hall–Kier alpha value is -0.870. The molecule has 1 aliphatic heterocycles. The molecule has 0 spiro atoms.